The summed E-state index contributed by atoms with van der Waals surface area (Å²) >= 11 is 0. The van der Waals surface area contributed by atoms with Gasteiger partial charge in [-0.25, -0.2) is 9.48 Å². The first kappa shape index (κ1) is 22.3. The Morgan fingerprint density at radius 1 is 1.09 bits per heavy atom. The highest BCUT2D eigenvalue weighted by Gasteiger charge is 2.26. The van der Waals surface area contributed by atoms with Crippen LogP contribution in [0.4, 0.5) is 0 Å². The Bertz CT molecular complexity index is 1020. The monoisotopic (exact) mass is 441 g/mol. The molecule has 2 unspecified atom stereocenters. The van der Waals surface area contributed by atoms with E-state index < -0.39 is 0 Å². The number of rotatable bonds is 5. The van der Waals surface area contributed by atoms with Crippen molar-refractivity contribution in [3.8, 4) is 0 Å². The fourth-order valence-corrected chi connectivity index (χ4v) is 4.41. The summed E-state index contributed by atoms with van der Waals surface area (Å²) in [5, 5.41) is 7.18. The van der Waals surface area contributed by atoms with Gasteiger partial charge in [0.05, 0.1) is 12.2 Å². The number of hydrogen-bond acceptors (Lipinski definition) is 5. The highest BCUT2D eigenvalue weighted by atomic mass is 16.5. The van der Waals surface area contributed by atoms with Gasteiger partial charge in [-0.2, -0.15) is 5.10 Å². The predicted octanol–water partition coefficient (Wildman–Crippen LogP) is 1.34. The molecule has 1 N–H and O–H groups in total. The molecule has 172 valence electrons. The summed E-state index contributed by atoms with van der Waals surface area (Å²) in [6, 6.07) is 7.24. The average molecular weight is 442 g/mol. The van der Waals surface area contributed by atoms with Gasteiger partial charge in [0.2, 0.25) is 5.91 Å². The molecule has 2 aromatic rings. The summed E-state index contributed by atoms with van der Waals surface area (Å²) in [6.45, 7) is 6.00. The van der Waals surface area contributed by atoms with Gasteiger partial charge in [-0.05, 0) is 44.4 Å². The van der Waals surface area contributed by atoms with Crippen molar-refractivity contribution >= 4 is 11.8 Å². The summed E-state index contributed by atoms with van der Waals surface area (Å²) in [7, 11) is 0. The fraction of sp³-hybridized carbons (Fsp3) is 0.565. The predicted molar refractivity (Wildman–Crippen MR) is 118 cm³/mol. The molecule has 0 aliphatic carbocycles. The van der Waals surface area contributed by atoms with Gasteiger partial charge < -0.3 is 15.0 Å². The number of benzene rings is 1. The number of morpholine rings is 1. The maximum Gasteiger partial charge on any atom is 0.346 e. The molecular formula is C23H31N5O4. The Labute approximate surface area is 187 Å². The molecule has 1 saturated heterocycles. The lowest BCUT2D eigenvalue weighted by Gasteiger charge is -2.35. The first-order valence-corrected chi connectivity index (χ1v) is 11.4. The summed E-state index contributed by atoms with van der Waals surface area (Å²) in [5.41, 5.74) is 1.28. The van der Waals surface area contributed by atoms with Crippen molar-refractivity contribution in [2.24, 2.45) is 0 Å². The van der Waals surface area contributed by atoms with Crippen molar-refractivity contribution in [2.45, 2.75) is 71.4 Å². The molecule has 0 saturated carbocycles. The lowest BCUT2D eigenvalue weighted by atomic mass is 10.1. The van der Waals surface area contributed by atoms with Crippen LogP contribution in [0.5, 0.6) is 0 Å². The molecule has 1 fully saturated rings. The number of carbonyl (C=O) groups is 2. The highest BCUT2D eigenvalue weighted by molar-refractivity contribution is 5.94. The van der Waals surface area contributed by atoms with Crippen LogP contribution in [0.25, 0.3) is 0 Å². The van der Waals surface area contributed by atoms with Gasteiger partial charge in [0.25, 0.3) is 5.91 Å². The second-order valence-corrected chi connectivity index (χ2v) is 8.76. The SMILES string of the molecule is CC1CN(C(=O)c2ccc(CNC(=O)Cn3nc4n(c3=O)CCCCC4)cc2)CC(C)O1. The molecule has 9 heteroatoms. The zero-order valence-corrected chi connectivity index (χ0v) is 18.7. The average Bonchev–Trinajstić information content (AvgIpc) is 2.92. The van der Waals surface area contributed by atoms with E-state index in [4.69, 9.17) is 4.74 Å². The minimum absolute atomic E-state index is 0.0125. The lowest BCUT2D eigenvalue weighted by Crippen LogP contribution is -2.48. The number of nitrogens with zero attached hydrogens (tertiary/aromatic N) is 4. The second kappa shape index (κ2) is 9.68. The molecule has 2 aliphatic rings. The quantitative estimate of drug-likeness (QED) is 0.755. The van der Waals surface area contributed by atoms with Crippen molar-refractivity contribution in [1.82, 2.24) is 24.6 Å². The molecule has 0 spiro atoms. The van der Waals surface area contributed by atoms with E-state index >= 15 is 0 Å². The van der Waals surface area contributed by atoms with Gasteiger partial charge >= 0.3 is 5.69 Å². The van der Waals surface area contributed by atoms with E-state index in [0.717, 1.165) is 37.1 Å². The number of nitrogens with one attached hydrogen (secondary N) is 1. The number of amides is 2. The van der Waals surface area contributed by atoms with Gasteiger partial charge in [0.15, 0.2) is 0 Å². The largest absolute Gasteiger partial charge is 0.372 e. The van der Waals surface area contributed by atoms with Gasteiger partial charge in [-0.15, -0.1) is 0 Å². The first-order valence-electron chi connectivity index (χ1n) is 11.4. The van der Waals surface area contributed by atoms with Crippen molar-refractivity contribution in [2.75, 3.05) is 13.1 Å². The van der Waals surface area contributed by atoms with Crippen molar-refractivity contribution in [1.29, 1.82) is 0 Å². The molecule has 2 aliphatic heterocycles. The molecule has 0 radical (unpaired) electrons. The van der Waals surface area contributed by atoms with E-state index in [1.54, 1.807) is 16.7 Å². The second-order valence-electron chi connectivity index (χ2n) is 8.76. The molecule has 2 atom stereocenters. The Morgan fingerprint density at radius 3 is 2.53 bits per heavy atom. The summed E-state index contributed by atoms with van der Waals surface area (Å²) < 4.78 is 8.63. The number of ether oxygens (including phenoxy) is 1. The third-order valence-electron chi connectivity index (χ3n) is 5.97. The standard InChI is InChI=1S/C23H31N5O4/c1-16-13-26(14-17(2)32-16)22(30)19-9-7-18(8-10-19)12-24-21(29)15-28-23(31)27-11-5-3-4-6-20(27)25-28/h7-10,16-17H,3-6,11-15H2,1-2H3,(H,24,29). The van der Waals surface area contributed by atoms with Gasteiger partial charge in [0.1, 0.15) is 12.4 Å². The van der Waals surface area contributed by atoms with Crippen LogP contribution in [0.3, 0.4) is 0 Å². The van der Waals surface area contributed by atoms with Gasteiger partial charge in [-0.1, -0.05) is 18.6 Å². The molecular weight excluding hydrogens is 410 g/mol. The Hall–Kier alpha value is -2.94. The highest BCUT2D eigenvalue weighted by Crippen LogP contribution is 2.15. The summed E-state index contributed by atoms with van der Waals surface area (Å²) in [5.74, 6) is 0.489. The number of aromatic nitrogens is 3. The van der Waals surface area contributed by atoms with Gasteiger partial charge in [-0.3, -0.25) is 14.2 Å². The van der Waals surface area contributed by atoms with E-state index in [1.165, 1.54) is 4.68 Å². The minimum atomic E-state index is -0.267. The zero-order valence-electron chi connectivity index (χ0n) is 18.7. The van der Waals surface area contributed by atoms with Crippen LogP contribution in [0.1, 0.15) is 54.9 Å². The lowest BCUT2D eigenvalue weighted by molar-refractivity contribution is -0.122. The number of fused-ring (bicyclic) bond motifs is 1. The van der Waals surface area contributed by atoms with Gasteiger partial charge in [0, 0.05) is 38.2 Å². The van der Waals surface area contributed by atoms with E-state index in [1.807, 2.05) is 30.9 Å². The van der Waals surface area contributed by atoms with Crippen molar-refractivity contribution in [3.63, 3.8) is 0 Å². The van der Waals surface area contributed by atoms with Crippen LogP contribution in [0, 0.1) is 0 Å². The molecule has 1 aromatic carbocycles. The van der Waals surface area contributed by atoms with E-state index in [2.05, 4.69) is 10.4 Å². The van der Waals surface area contributed by atoms with Crippen LogP contribution in [0.15, 0.2) is 29.1 Å². The topological polar surface area (TPSA) is 98.5 Å². The van der Waals surface area contributed by atoms with Crippen LogP contribution < -0.4 is 11.0 Å². The van der Waals surface area contributed by atoms with E-state index in [9.17, 15) is 14.4 Å². The molecule has 4 rings (SSSR count). The van der Waals surface area contributed by atoms with Crippen molar-refractivity contribution < 1.29 is 14.3 Å². The van der Waals surface area contributed by atoms with Crippen LogP contribution in [-0.2, 0) is 35.6 Å². The summed E-state index contributed by atoms with van der Waals surface area (Å²) in [6.07, 6.45) is 3.90. The van der Waals surface area contributed by atoms with Crippen LogP contribution in [-0.4, -0.2) is 56.4 Å². The minimum Gasteiger partial charge on any atom is -0.372 e. The van der Waals surface area contributed by atoms with Crippen molar-refractivity contribution in [3.05, 3.63) is 51.7 Å². The smallest absolute Gasteiger partial charge is 0.346 e. The summed E-state index contributed by atoms with van der Waals surface area (Å²) in [4.78, 5) is 39.4. The Balaban J connectivity index is 1.31. The van der Waals surface area contributed by atoms with Crippen LogP contribution >= 0.6 is 0 Å². The Morgan fingerprint density at radius 2 is 1.81 bits per heavy atom. The maximum atomic E-state index is 12.8. The Kier molecular flexibility index (Phi) is 6.74. The van der Waals surface area contributed by atoms with Crippen LogP contribution in [0.2, 0.25) is 0 Å². The maximum absolute atomic E-state index is 12.8. The third kappa shape index (κ3) is 5.09. The first-order chi connectivity index (χ1) is 15.4. The molecule has 3 heterocycles. The molecule has 9 nitrogen and oxygen atoms in total. The number of aryl methyl sites for hydroxylation is 1. The zero-order chi connectivity index (χ0) is 22.7. The van der Waals surface area contributed by atoms with E-state index in [-0.39, 0.29) is 36.3 Å². The third-order valence-corrected chi connectivity index (χ3v) is 5.97. The molecule has 0 bridgehead atoms. The normalized spacial score (nSPS) is 21.0. The van der Waals surface area contributed by atoms with E-state index in [0.29, 0.717) is 31.7 Å². The number of hydrogen-bond donors (Lipinski definition) is 1. The fourth-order valence-electron chi connectivity index (χ4n) is 4.41. The number of carbonyl (C=O) groups excluding carboxylic acids is 2. The molecule has 32 heavy (non-hydrogen) atoms. The molecule has 1 aromatic heterocycles. The molecule has 2 amide bonds.